The first kappa shape index (κ1) is 15.6. The molecule has 0 saturated carbocycles. The Bertz CT molecular complexity index is 259. The number of hydrogen-bond acceptors (Lipinski definition) is 5. The van der Waals surface area contributed by atoms with Crippen molar-refractivity contribution in [3.8, 4) is 0 Å². The smallest absolute Gasteiger partial charge is 0.367 e. The summed E-state index contributed by atoms with van der Waals surface area (Å²) in [7, 11) is -3.29. The van der Waals surface area contributed by atoms with Gasteiger partial charge in [-0.15, -0.1) is 0 Å². The number of carbonyl (C=O) groups is 1. The van der Waals surface area contributed by atoms with E-state index in [1.54, 1.807) is 34.6 Å². The number of carbonyl (C=O) groups excluding carboxylic acids is 1. The Labute approximate surface area is 97.0 Å². The van der Waals surface area contributed by atoms with Crippen LogP contribution in [0.25, 0.3) is 0 Å². The molecule has 0 aliphatic carbocycles. The van der Waals surface area contributed by atoms with Crippen LogP contribution in [0.2, 0.25) is 0 Å². The van der Waals surface area contributed by atoms with Crippen LogP contribution in [0.3, 0.4) is 0 Å². The number of rotatable bonds is 6. The summed E-state index contributed by atoms with van der Waals surface area (Å²) < 4.78 is 26.8. The lowest BCUT2D eigenvalue weighted by Crippen LogP contribution is -2.23. The predicted molar refractivity (Wildman–Crippen MR) is 61.3 cm³/mol. The topological polar surface area (TPSA) is 61.8 Å². The van der Waals surface area contributed by atoms with Gasteiger partial charge < -0.3 is 13.8 Å². The third kappa shape index (κ3) is 5.64. The molecule has 0 heterocycles. The molecule has 0 aromatic carbocycles. The van der Waals surface area contributed by atoms with Crippen LogP contribution in [0.4, 0.5) is 0 Å². The molecule has 0 aromatic rings. The van der Waals surface area contributed by atoms with Gasteiger partial charge in [-0.05, 0) is 34.6 Å². The first-order valence-electron chi connectivity index (χ1n) is 5.30. The second-order valence-electron chi connectivity index (χ2n) is 4.26. The van der Waals surface area contributed by atoms with E-state index in [4.69, 9.17) is 13.8 Å². The van der Waals surface area contributed by atoms with Crippen LogP contribution in [-0.2, 0) is 23.1 Å². The lowest BCUT2D eigenvalue weighted by molar-refractivity contribution is -0.151. The van der Waals surface area contributed by atoms with Crippen molar-refractivity contribution >= 4 is 13.6 Å². The fourth-order valence-corrected chi connectivity index (χ4v) is 2.15. The third-order valence-electron chi connectivity index (χ3n) is 1.62. The van der Waals surface area contributed by atoms with Gasteiger partial charge in [-0.2, -0.15) is 0 Å². The third-order valence-corrected chi connectivity index (χ3v) is 3.37. The standard InChI is InChI=1S/C10H21O5P/c1-6-14-16(12,15-7-2)8-13-9(11)10(3,4)5/h6-8H2,1-5H3. The quantitative estimate of drug-likeness (QED) is 0.537. The normalized spacial score (nSPS) is 12.6. The molecule has 0 saturated heterocycles. The van der Waals surface area contributed by atoms with Crippen molar-refractivity contribution < 1.29 is 23.1 Å². The van der Waals surface area contributed by atoms with Gasteiger partial charge in [0.1, 0.15) is 0 Å². The van der Waals surface area contributed by atoms with Crippen LogP contribution in [0, 0.1) is 5.41 Å². The average molecular weight is 252 g/mol. The van der Waals surface area contributed by atoms with Crippen LogP contribution in [0.15, 0.2) is 0 Å². The highest BCUT2D eigenvalue weighted by Crippen LogP contribution is 2.48. The maximum absolute atomic E-state index is 11.9. The Balaban J connectivity index is 4.33. The highest BCUT2D eigenvalue weighted by atomic mass is 31.2. The van der Waals surface area contributed by atoms with Crippen molar-refractivity contribution in [3.05, 3.63) is 0 Å². The predicted octanol–water partition coefficient (Wildman–Crippen LogP) is 2.80. The first-order chi connectivity index (χ1) is 7.25. The highest BCUT2D eigenvalue weighted by Gasteiger charge is 2.30. The molecule has 0 unspecified atom stereocenters. The van der Waals surface area contributed by atoms with E-state index < -0.39 is 19.0 Å². The molecule has 0 rings (SSSR count). The van der Waals surface area contributed by atoms with Gasteiger partial charge in [0.2, 0.25) is 0 Å². The maximum atomic E-state index is 11.9. The van der Waals surface area contributed by atoms with Crippen LogP contribution < -0.4 is 0 Å². The summed E-state index contributed by atoms with van der Waals surface area (Å²) in [6.45, 7) is 9.09. The molecule has 0 spiro atoms. The lowest BCUT2D eigenvalue weighted by Gasteiger charge is -2.20. The Morgan fingerprint density at radius 2 is 1.56 bits per heavy atom. The molecule has 0 atom stereocenters. The maximum Gasteiger partial charge on any atom is 0.367 e. The molecule has 0 fully saturated rings. The Morgan fingerprint density at radius 1 is 1.12 bits per heavy atom. The molecule has 0 aliphatic rings. The van der Waals surface area contributed by atoms with Crippen molar-refractivity contribution in [3.63, 3.8) is 0 Å². The SMILES string of the molecule is CCOP(=O)(COC(=O)C(C)(C)C)OCC. The summed E-state index contributed by atoms with van der Waals surface area (Å²) in [5.74, 6) is -0.424. The molecule has 16 heavy (non-hydrogen) atoms. The zero-order valence-corrected chi connectivity index (χ0v) is 11.5. The Kier molecular flexibility index (Phi) is 6.23. The molecule has 0 N–H and O–H groups in total. The van der Waals surface area contributed by atoms with Gasteiger partial charge in [-0.3, -0.25) is 9.36 Å². The zero-order chi connectivity index (χ0) is 12.8. The van der Waals surface area contributed by atoms with Crippen molar-refractivity contribution in [1.29, 1.82) is 0 Å². The zero-order valence-electron chi connectivity index (χ0n) is 10.6. The van der Waals surface area contributed by atoms with Crippen molar-refractivity contribution in [1.82, 2.24) is 0 Å². The van der Waals surface area contributed by atoms with E-state index in [9.17, 15) is 9.36 Å². The molecule has 0 aliphatic heterocycles. The van der Waals surface area contributed by atoms with Crippen LogP contribution >= 0.6 is 7.60 Å². The van der Waals surface area contributed by atoms with E-state index in [0.29, 0.717) is 0 Å². The molecule has 0 amide bonds. The van der Waals surface area contributed by atoms with Crippen molar-refractivity contribution in [2.24, 2.45) is 5.41 Å². The van der Waals surface area contributed by atoms with Gasteiger partial charge in [0, 0.05) is 0 Å². The van der Waals surface area contributed by atoms with Crippen LogP contribution in [0.1, 0.15) is 34.6 Å². The average Bonchev–Trinajstić information content (AvgIpc) is 2.13. The monoisotopic (exact) mass is 252 g/mol. The van der Waals surface area contributed by atoms with E-state index in [1.165, 1.54) is 0 Å². The van der Waals surface area contributed by atoms with Gasteiger partial charge in [0.15, 0.2) is 6.35 Å². The number of ether oxygens (including phenoxy) is 1. The largest absolute Gasteiger partial charge is 0.452 e. The van der Waals surface area contributed by atoms with E-state index in [2.05, 4.69) is 0 Å². The summed E-state index contributed by atoms with van der Waals surface area (Å²) >= 11 is 0. The second kappa shape index (κ2) is 6.38. The minimum atomic E-state index is -3.29. The lowest BCUT2D eigenvalue weighted by atomic mass is 9.98. The molecular formula is C10H21O5P. The molecule has 6 heteroatoms. The Hall–Kier alpha value is -0.380. The number of esters is 1. The summed E-state index contributed by atoms with van der Waals surface area (Å²) in [5, 5.41) is 0. The molecule has 0 radical (unpaired) electrons. The molecule has 96 valence electrons. The van der Waals surface area contributed by atoms with Crippen LogP contribution in [0.5, 0.6) is 0 Å². The number of hydrogen-bond donors (Lipinski definition) is 0. The summed E-state index contributed by atoms with van der Waals surface area (Å²) in [5.41, 5.74) is -0.622. The van der Waals surface area contributed by atoms with Crippen molar-refractivity contribution in [2.45, 2.75) is 34.6 Å². The van der Waals surface area contributed by atoms with E-state index in [-0.39, 0.29) is 19.6 Å². The Morgan fingerprint density at radius 3 is 1.88 bits per heavy atom. The highest BCUT2D eigenvalue weighted by molar-refractivity contribution is 7.53. The van der Waals surface area contributed by atoms with Gasteiger partial charge >= 0.3 is 13.6 Å². The summed E-state index contributed by atoms with van der Waals surface area (Å²) in [6.07, 6.45) is -0.329. The van der Waals surface area contributed by atoms with E-state index in [1.807, 2.05) is 0 Å². The molecular weight excluding hydrogens is 231 g/mol. The fraction of sp³-hybridized carbons (Fsp3) is 0.900. The molecule has 0 aromatic heterocycles. The molecule has 5 nitrogen and oxygen atoms in total. The van der Waals surface area contributed by atoms with Crippen molar-refractivity contribution in [2.75, 3.05) is 19.6 Å². The van der Waals surface area contributed by atoms with Gasteiger partial charge in [0.05, 0.1) is 18.6 Å². The van der Waals surface area contributed by atoms with E-state index >= 15 is 0 Å². The minimum Gasteiger partial charge on any atom is -0.452 e. The van der Waals surface area contributed by atoms with Gasteiger partial charge in [-0.25, -0.2) is 0 Å². The summed E-state index contributed by atoms with van der Waals surface area (Å²) in [6, 6.07) is 0. The van der Waals surface area contributed by atoms with Crippen LogP contribution in [-0.4, -0.2) is 25.5 Å². The first-order valence-corrected chi connectivity index (χ1v) is 7.03. The van der Waals surface area contributed by atoms with Gasteiger partial charge in [0.25, 0.3) is 0 Å². The summed E-state index contributed by atoms with van der Waals surface area (Å²) in [4.78, 5) is 11.5. The second-order valence-corrected chi connectivity index (χ2v) is 6.25. The fourth-order valence-electron chi connectivity index (χ4n) is 0.859. The molecule has 0 bridgehead atoms. The van der Waals surface area contributed by atoms with E-state index in [0.717, 1.165) is 0 Å². The minimum absolute atomic E-state index is 0.254. The van der Waals surface area contributed by atoms with Gasteiger partial charge in [-0.1, -0.05) is 0 Å².